The third-order valence-corrected chi connectivity index (χ3v) is 5.86. The fourth-order valence-corrected chi connectivity index (χ4v) is 4.14. The molecule has 0 saturated heterocycles. The van der Waals surface area contributed by atoms with Crippen LogP contribution in [0.2, 0.25) is 10.0 Å². The molecule has 1 aromatic heterocycles. The minimum atomic E-state index is 0.688. The summed E-state index contributed by atoms with van der Waals surface area (Å²) in [5.74, 6) is 0.811. The highest BCUT2D eigenvalue weighted by Gasteiger charge is 2.09. The van der Waals surface area contributed by atoms with Gasteiger partial charge in [-0.05, 0) is 59.7 Å². The maximum atomic E-state index is 6.08. The van der Waals surface area contributed by atoms with Crippen molar-refractivity contribution in [1.82, 2.24) is 4.57 Å². The van der Waals surface area contributed by atoms with E-state index in [1.165, 1.54) is 0 Å². The Balaban J connectivity index is 1.80. The second-order valence-corrected chi connectivity index (χ2v) is 8.14. The average molecular weight is 441 g/mol. The molecule has 0 aliphatic carbocycles. The normalized spacial score (nSPS) is 11.6. The number of aromatic nitrogens is 1. The largest absolute Gasteiger partial charge is 0.497 e. The van der Waals surface area contributed by atoms with Gasteiger partial charge in [0.2, 0.25) is 0 Å². The van der Waals surface area contributed by atoms with Crippen molar-refractivity contribution in [1.29, 1.82) is 0 Å². The van der Waals surface area contributed by atoms with Crippen molar-refractivity contribution in [3.05, 3.63) is 98.6 Å². The number of ether oxygens (including phenoxy) is 1. The van der Waals surface area contributed by atoms with Crippen LogP contribution in [-0.4, -0.2) is 11.7 Å². The molecule has 4 rings (SSSR count). The van der Waals surface area contributed by atoms with Crippen molar-refractivity contribution in [2.24, 2.45) is 4.99 Å². The molecule has 0 saturated carbocycles. The first kappa shape index (κ1) is 19.8. The van der Waals surface area contributed by atoms with Gasteiger partial charge in [-0.3, -0.25) is 0 Å². The van der Waals surface area contributed by atoms with E-state index in [-0.39, 0.29) is 0 Å². The van der Waals surface area contributed by atoms with Crippen molar-refractivity contribution in [3.63, 3.8) is 0 Å². The summed E-state index contributed by atoms with van der Waals surface area (Å²) in [5, 5.41) is 3.57. The molecule has 0 spiro atoms. The van der Waals surface area contributed by atoms with Crippen molar-refractivity contribution in [2.75, 3.05) is 7.11 Å². The summed E-state index contributed by atoms with van der Waals surface area (Å²) in [4.78, 5) is 5.78. The Bertz CT molecular complexity index is 1160. The van der Waals surface area contributed by atoms with E-state index in [1.807, 2.05) is 72.8 Å². The summed E-state index contributed by atoms with van der Waals surface area (Å²) in [6, 6.07) is 23.5. The highest BCUT2D eigenvalue weighted by Crippen LogP contribution is 2.24. The fraction of sp³-hybridized carbons (Fsp3) is 0.0870. The second-order valence-electron chi connectivity index (χ2n) is 6.43. The number of halogens is 2. The van der Waals surface area contributed by atoms with Gasteiger partial charge >= 0.3 is 0 Å². The smallest absolute Gasteiger partial charge is 0.190 e. The molecule has 0 amide bonds. The van der Waals surface area contributed by atoms with E-state index in [0.29, 0.717) is 6.54 Å². The van der Waals surface area contributed by atoms with E-state index >= 15 is 0 Å². The lowest BCUT2D eigenvalue weighted by molar-refractivity contribution is 0.415. The molecule has 146 valence electrons. The summed E-state index contributed by atoms with van der Waals surface area (Å²) >= 11 is 13.7. The SMILES string of the molecule is COc1ccc(N=c2scc(-c3ccc(Cl)cc3)n2Cc2ccc(Cl)cc2)cc1. The number of thiazole rings is 1. The number of benzene rings is 3. The summed E-state index contributed by atoms with van der Waals surface area (Å²) in [7, 11) is 1.66. The predicted octanol–water partition coefficient (Wildman–Crippen LogP) is 6.81. The molecule has 0 N–H and O–H groups in total. The molecule has 3 nitrogen and oxygen atoms in total. The minimum absolute atomic E-state index is 0.688. The van der Waals surface area contributed by atoms with Gasteiger partial charge in [0.1, 0.15) is 5.75 Å². The zero-order valence-corrected chi connectivity index (χ0v) is 18.0. The van der Waals surface area contributed by atoms with E-state index in [2.05, 4.69) is 9.95 Å². The molecule has 1 heterocycles. The quantitative estimate of drug-likeness (QED) is 0.334. The Kier molecular flexibility index (Phi) is 6.05. The number of hydrogen-bond acceptors (Lipinski definition) is 3. The zero-order chi connectivity index (χ0) is 20.2. The van der Waals surface area contributed by atoms with Gasteiger partial charge in [0, 0.05) is 15.4 Å². The van der Waals surface area contributed by atoms with E-state index in [1.54, 1.807) is 18.4 Å². The first-order valence-corrected chi connectivity index (χ1v) is 10.6. The summed E-state index contributed by atoms with van der Waals surface area (Å²) in [5.41, 5.74) is 4.21. The van der Waals surface area contributed by atoms with Gasteiger partial charge < -0.3 is 9.30 Å². The van der Waals surface area contributed by atoms with E-state index < -0.39 is 0 Å². The van der Waals surface area contributed by atoms with Crippen LogP contribution < -0.4 is 9.54 Å². The molecule has 0 unspecified atom stereocenters. The molecule has 0 atom stereocenters. The highest BCUT2D eigenvalue weighted by atomic mass is 35.5. The molecule has 0 aliphatic heterocycles. The van der Waals surface area contributed by atoms with Gasteiger partial charge in [0.25, 0.3) is 0 Å². The van der Waals surface area contributed by atoms with Crippen LogP contribution in [0.25, 0.3) is 11.3 Å². The monoisotopic (exact) mass is 440 g/mol. The molecule has 0 aliphatic rings. The van der Waals surface area contributed by atoms with Crippen LogP contribution in [-0.2, 0) is 6.54 Å². The van der Waals surface area contributed by atoms with Crippen LogP contribution in [0.5, 0.6) is 5.75 Å². The molecular weight excluding hydrogens is 423 g/mol. The van der Waals surface area contributed by atoms with Crippen molar-refractivity contribution in [3.8, 4) is 17.0 Å². The summed E-state index contributed by atoms with van der Waals surface area (Å²) in [6.45, 7) is 0.688. The topological polar surface area (TPSA) is 26.5 Å². The Morgan fingerprint density at radius 3 is 2.10 bits per heavy atom. The van der Waals surface area contributed by atoms with Crippen LogP contribution in [0.15, 0.2) is 83.2 Å². The fourth-order valence-electron chi connectivity index (χ4n) is 2.96. The van der Waals surface area contributed by atoms with E-state index in [0.717, 1.165) is 43.1 Å². The number of nitrogens with zero attached hydrogens (tertiary/aromatic N) is 2. The predicted molar refractivity (Wildman–Crippen MR) is 122 cm³/mol. The minimum Gasteiger partial charge on any atom is -0.497 e. The number of rotatable bonds is 5. The number of hydrogen-bond donors (Lipinski definition) is 0. The molecule has 0 fully saturated rings. The van der Waals surface area contributed by atoms with Crippen LogP contribution >= 0.6 is 34.5 Å². The van der Waals surface area contributed by atoms with Crippen LogP contribution in [0.4, 0.5) is 5.69 Å². The molecule has 6 heteroatoms. The molecule has 29 heavy (non-hydrogen) atoms. The molecule has 3 aromatic carbocycles. The lowest BCUT2D eigenvalue weighted by Gasteiger charge is -2.10. The second kappa shape index (κ2) is 8.87. The standard InChI is InChI=1S/C23H18Cl2N2OS/c1-28-21-12-10-20(11-13-21)26-23-27(14-16-2-6-18(24)7-3-16)22(15-29-23)17-4-8-19(25)9-5-17/h2-13,15H,14H2,1H3. The lowest BCUT2D eigenvalue weighted by Crippen LogP contribution is -2.16. The summed E-state index contributed by atoms with van der Waals surface area (Å²) in [6.07, 6.45) is 0. The Labute approximate surface area is 183 Å². The lowest BCUT2D eigenvalue weighted by atomic mass is 10.1. The summed E-state index contributed by atoms with van der Waals surface area (Å²) < 4.78 is 7.45. The van der Waals surface area contributed by atoms with Crippen molar-refractivity contribution >= 4 is 40.2 Å². The van der Waals surface area contributed by atoms with Gasteiger partial charge in [0.15, 0.2) is 4.80 Å². The van der Waals surface area contributed by atoms with Gasteiger partial charge in [-0.1, -0.05) is 47.5 Å². The maximum absolute atomic E-state index is 6.08. The van der Waals surface area contributed by atoms with Crippen LogP contribution in [0.3, 0.4) is 0 Å². The van der Waals surface area contributed by atoms with Gasteiger partial charge in [-0.15, -0.1) is 11.3 Å². The van der Waals surface area contributed by atoms with Crippen molar-refractivity contribution < 1.29 is 4.74 Å². The first-order valence-electron chi connectivity index (χ1n) is 9.00. The van der Waals surface area contributed by atoms with Crippen molar-refractivity contribution in [2.45, 2.75) is 6.54 Å². The van der Waals surface area contributed by atoms with Crippen LogP contribution in [0.1, 0.15) is 5.56 Å². The Morgan fingerprint density at radius 1 is 0.862 bits per heavy atom. The van der Waals surface area contributed by atoms with E-state index in [4.69, 9.17) is 32.9 Å². The third kappa shape index (κ3) is 4.73. The van der Waals surface area contributed by atoms with Gasteiger partial charge in [-0.2, -0.15) is 0 Å². The molecule has 0 radical (unpaired) electrons. The van der Waals surface area contributed by atoms with Gasteiger partial charge in [-0.25, -0.2) is 4.99 Å². The molecule has 0 bridgehead atoms. The highest BCUT2D eigenvalue weighted by molar-refractivity contribution is 7.07. The maximum Gasteiger partial charge on any atom is 0.190 e. The third-order valence-electron chi connectivity index (χ3n) is 4.49. The molecule has 4 aromatic rings. The van der Waals surface area contributed by atoms with E-state index in [9.17, 15) is 0 Å². The first-order chi connectivity index (χ1) is 14.1. The molecular formula is C23H18Cl2N2OS. The number of methoxy groups -OCH3 is 1. The zero-order valence-electron chi connectivity index (χ0n) is 15.7. The van der Waals surface area contributed by atoms with Gasteiger partial charge in [0.05, 0.1) is 25.0 Å². The van der Waals surface area contributed by atoms with Crippen LogP contribution in [0, 0.1) is 0 Å². The average Bonchev–Trinajstić information content (AvgIpc) is 3.13. The Hall–Kier alpha value is -2.53. The Morgan fingerprint density at radius 2 is 1.48 bits per heavy atom.